The maximum Gasteiger partial charge on any atom is 0.123 e. The lowest BCUT2D eigenvalue weighted by Gasteiger charge is -2.31. The zero-order chi connectivity index (χ0) is 14.7. The Labute approximate surface area is 125 Å². The van der Waals surface area contributed by atoms with Gasteiger partial charge in [0.25, 0.3) is 0 Å². The molecule has 0 bridgehead atoms. The number of hydrogen-bond donors (Lipinski definition) is 2. The van der Waals surface area contributed by atoms with Gasteiger partial charge >= 0.3 is 0 Å². The molecule has 3 rings (SSSR count). The van der Waals surface area contributed by atoms with E-state index in [1.807, 2.05) is 19.1 Å². The highest BCUT2D eigenvalue weighted by molar-refractivity contribution is 5.24. The standard InChI is InChI=1S/C17H22FN3/c1-12-10-16(21-20-12)11-17(14-6-8-19-9-7-14)13-2-4-15(18)5-3-13/h2-5,10,14,17,19H,6-9,11H2,1H3,(H,20,21). The molecule has 2 aromatic rings. The van der Waals surface area contributed by atoms with E-state index in [4.69, 9.17) is 0 Å². The molecule has 112 valence electrons. The van der Waals surface area contributed by atoms with Crippen LogP contribution in [0.5, 0.6) is 0 Å². The number of nitrogens with one attached hydrogen (secondary N) is 2. The lowest BCUT2D eigenvalue weighted by Crippen LogP contribution is -2.31. The first-order valence-electron chi connectivity index (χ1n) is 7.69. The van der Waals surface area contributed by atoms with E-state index >= 15 is 0 Å². The van der Waals surface area contributed by atoms with Gasteiger partial charge in [0.2, 0.25) is 0 Å². The van der Waals surface area contributed by atoms with Crippen molar-refractivity contribution in [1.82, 2.24) is 15.5 Å². The van der Waals surface area contributed by atoms with Crippen molar-refractivity contribution >= 4 is 0 Å². The first kappa shape index (κ1) is 14.3. The van der Waals surface area contributed by atoms with Gasteiger partial charge in [0.05, 0.1) is 5.69 Å². The molecular weight excluding hydrogens is 265 g/mol. The van der Waals surface area contributed by atoms with Gasteiger partial charge < -0.3 is 5.32 Å². The van der Waals surface area contributed by atoms with E-state index in [2.05, 4.69) is 21.6 Å². The van der Waals surface area contributed by atoms with E-state index in [1.165, 1.54) is 18.4 Å². The van der Waals surface area contributed by atoms with Crippen molar-refractivity contribution in [3.8, 4) is 0 Å². The van der Waals surface area contributed by atoms with Crippen LogP contribution in [0, 0.1) is 18.7 Å². The van der Waals surface area contributed by atoms with Crippen LogP contribution in [-0.4, -0.2) is 23.3 Å². The summed E-state index contributed by atoms with van der Waals surface area (Å²) in [6.07, 6.45) is 3.26. The Morgan fingerprint density at radius 2 is 1.95 bits per heavy atom. The number of piperidine rings is 1. The van der Waals surface area contributed by atoms with Crippen molar-refractivity contribution in [1.29, 1.82) is 0 Å². The van der Waals surface area contributed by atoms with Crippen LogP contribution in [0.25, 0.3) is 0 Å². The van der Waals surface area contributed by atoms with E-state index in [9.17, 15) is 4.39 Å². The summed E-state index contributed by atoms with van der Waals surface area (Å²) < 4.78 is 13.2. The van der Waals surface area contributed by atoms with Gasteiger partial charge in [0.15, 0.2) is 0 Å². The van der Waals surface area contributed by atoms with E-state index in [0.29, 0.717) is 11.8 Å². The molecule has 1 aliphatic heterocycles. The molecule has 1 aromatic heterocycles. The average Bonchev–Trinajstić information content (AvgIpc) is 2.92. The molecular formula is C17H22FN3. The summed E-state index contributed by atoms with van der Waals surface area (Å²) in [5.74, 6) is 0.877. The van der Waals surface area contributed by atoms with Crippen LogP contribution < -0.4 is 5.32 Å². The van der Waals surface area contributed by atoms with Crippen LogP contribution in [0.2, 0.25) is 0 Å². The number of aromatic nitrogens is 2. The highest BCUT2D eigenvalue weighted by atomic mass is 19.1. The number of nitrogens with zero attached hydrogens (tertiary/aromatic N) is 1. The molecule has 2 heterocycles. The number of halogens is 1. The second-order valence-electron chi connectivity index (χ2n) is 5.99. The fraction of sp³-hybridized carbons (Fsp3) is 0.471. The molecule has 1 atom stereocenters. The molecule has 3 nitrogen and oxygen atoms in total. The van der Waals surface area contributed by atoms with Gasteiger partial charge in [-0.1, -0.05) is 12.1 Å². The van der Waals surface area contributed by atoms with Crippen LogP contribution in [0.4, 0.5) is 4.39 Å². The zero-order valence-electron chi connectivity index (χ0n) is 12.4. The van der Waals surface area contributed by atoms with E-state index in [-0.39, 0.29) is 5.82 Å². The lowest BCUT2D eigenvalue weighted by molar-refractivity contribution is 0.314. The second kappa shape index (κ2) is 6.39. The minimum Gasteiger partial charge on any atom is -0.317 e. The summed E-state index contributed by atoms with van der Waals surface area (Å²) in [4.78, 5) is 0. The highest BCUT2D eigenvalue weighted by Gasteiger charge is 2.26. The van der Waals surface area contributed by atoms with Crippen molar-refractivity contribution in [2.24, 2.45) is 5.92 Å². The number of benzene rings is 1. The molecule has 0 amide bonds. The lowest BCUT2D eigenvalue weighted by atomic mass is 9.78. The minimum atomic E-state index is -0.168. The Kier molecular flexibility index (Phi) is 4.34. The number of aromatic amines is 1. The molecule has 1 saturated heterocycles. The molecule has 1 aromatic carbocycles. The largest absolute Gasteiger partial charge is 0.317 e. The molecule has 0 saturated carbocycles. The third-order valence-electron chi connectivity index (χ3n) is 4.44. The van der Waals surface area contributed by atoms with E-state index in [0.717, 1.165) is 30.9 Å². The van der Waals surface area contributed by atoms with Gasteiger partial charge in [-0.2, -0.15) is 5.10 Å². The first-order valence-corrected chi connectivity index (χ1v) is 7.69. The van der Waals surface area contributed by atoms with Crippen molar-refractivity contribution in [2.45, 2.75) is 32.1 Å². The highest BCUT2D eigenvalue weighted by Crippen LogP contribution is 2.33. The summed E-state index contributed by atoms with van der Waals surface area (Å²) in [5, 5.41) is 10.8. The molecule has 0 spiro atoms. The Bertz CT molecular complexity index is 570. The van der Waals surface area contributed by atoms with Crippen molar-refractivity contribution < 1.29 is 4.39 Å². The Morgan fingerprint density at radius 1 is 1.24 bits per heavy atom. The van der Waals surface area contributed by atoms with Gasteiger partial charge in [-0.3, -0.25) is 5.10 Å². The van der Waals surface area contributed by atoms with Crippen LogP contribution in [-0.2, 0) is 6.42 Å². The summed E-state index contributed by atoms with van der Waals surface area (Å²) >= 11 is 0. The van der Waals surface area contributed by atoms with E-state index in [1.54, 1.807) is 12.1 Å². The van der Waals surface area contributed by atoms with Crippen LogP contribution >= 0.6 is 0 Å². The molecule has 4 heteroatoms. The predicted octanol–water partition coefficient (Wildman–Crippen LogP) is 3.18. The number of rotatable bonds is 4. The fourth-order valence-corrected chi connectivity index (χ4v) is 3.32. The Balaban J connectivity index is 1.84. The van der Waals surface area contributed by atoms with Gasteiger partial charge in [-0.25, -0.2) is 4.39 Å². The maximum absolute atomic E-state index is 13.2. The smallest absolute Gasteiger partial charge is 0.123 e. The average molecular weight is 287 g/mol. The van der Waals surface area contributed by atoms with Gasteiger partial charge in [-0.15, -0.1) is 0 Å². The molecule has 1 fully saturated rings. The summed E-state index contributed by atoms with van der Waals surface area (Å²) in [6, 6.07) is 9.11. The summed E-state index contributed by atoms with van der Waals surface area (Å²) in [6.45, 7) is 4.16. The molecule has 0 radical (unpaired) electrons. The van der Waals surface area contributed by atoms with Gasteiger partial charge in [0, 0.05) is 5.69 Å². The zero-order valence-corrected chi connectivity index (χ0v) is 12.4. The third kappa shape index (κ3) is 3.50. The number of aryl methyl sites for hydroxylation is 1. The fourth-order valence-electron chi connectivity index (χ4n) is 3.32. The first-order chi connectivity index (χ1) is 10.2. The van der Waals surface area contributed by atoms with Crippen LogP contribution in [0.3, 0.4) is 0 Å². The Hall–Kier alpha value is -1.68. The van der Waals surface area contributed by atoms with Crippen LogP contribution in [0.1, 0.15) is 35.7 Å². The summed E-state index contributed by atoms with van der Waals surface area (Å²) in [7, 11) is 0. The predicted molar refractivity (Wildman–Crippen MR) is 81.8 cm³/mol. The normalized spacial score (nSPS) is 17.8. The third-order valence-corrected chi connectivity index (χ3v) is 4.44. The van der Waals surface area contributed by atoms with Crippen molar-refractivity contribution in [3.05, 3.63) is 53.1 Å². The molecule has 0 aliphatic carbocycles. The SMILES string of the molecule is Cc1cc(CC(c2ccc(F)cc2)C2CCNCC2)n[nH]1. The number of H-pyrrole nitrogens is 1. The molecule has 1 aliphatic rings. The monoisotopic (exact) mass is 287 g/mol. The quantitative estimate of drug-likeness (QED) is 0.906. The number of hydrogen-bond acceptors (Lipinski definition) is 2. The van der Waals surface area contributed by atoms with Gasteiger partial charge in [-0.05, 0) is 74.9 Å². The van der Waals surface area contributed by atoms with Gasteiger partial charge in [0.1, 0.15) is 5.82 Å². The molecule has 1 unspecified atom stereocenters. The minimum absolute atomic E-state index is 0.168. The van der Waals surface area contributed by atoms with Crippen molar-refractivity contribution in [3.63, 3.8) is 0 Å². The maximum atomic E-state index is 13.2. The molecule has 21 heavy (non-hydrogen) atoms. The summed E-state index contributed by atoms with van der Waals surface area (Å²) in [5.41, 5.74) is 3.41. The topological polar surface area (TPSA) is 40.7 Å². The Morgan fingerprint density at radius 3 is 2.57 bits per heavy atom. The van der Waals surface area contributed by atoms with Crippen LogP contribution in [0.15, 0.2) is 30.3 Å². The molecule has 2 N–H and O–H groups in total. The van der Waals surface area contributed by atoms with Crippen molar-refractivity contribution in [2.75, 3.05) is 13.1 Å². The second-order valence-corrected chi connectivity index (χ2v) is 5.99. The van der Waals surface area contributed by atoms with E-state index < -0.39 is 0 Å².